The van der Waals surface area contributed by atoms with Crippen LogP contribution in [0.2, 0.25) is 0 Å². The Morgan fingerprint density at radius 3 is 2.47 bits per heavy atom. The average Bonchev–Trinajstić information content (AvgIpc) is 2.94. The summed E-state index contributed by atoms with van der Waals surface area (Å²) in [6.07, 6.45) is 8.65. The third kappa shape index (κ3) is 3.48. The third-order valence-electron chi connectivity index (χ3n) is 4.31. The first-order chi connectivity index (χ1) is 7.15. The molecule has 4 unspecified atom stereocenters. The first-order valence-corrected chi connectivity index (χ1v) is 6.91. The highest BCUT2D eigenvalue weighted by Crippen LogP contribution is 2.34. The van der Waals surface area contributed by atoms with Gasteiger partial charge in [-0.1, -0.05) is 26.7 Å². The summed E-state index contributed by atoms with van der Waals surface area (Å²) in [5.41, 5.74) is 0. The van der Waals surface area contributed by atoms with Crippen molar-refractivity contribution in [2.24, 2.45) is 17.8 Å². The minimum atomic E-state index is 0.748. The molecule has 1 N–H and O–H groups in total. The van der Waals surface area contributed by atoms with E-state index >= 15 is 0 Å². The van der Waals surface area contributed by atoms with E-state index in [4.69, 9.17) is 0 Å². The van der Waals surface area contributed by atoms with Crippen molar-refractivity contribution in [1.29, 1.82) is 0 Å². The number of rotatable bonds is 4. The molecule has 0 aromatic heterocycles. The van der Waals surface area contributed by atoms with Gasteiger partial charge >= 0.3 is 0 Å². The zero-order valence-corrected chi connectivity index (χ0v) is 10.6. The van der Waals surface area contributed by atoms with E-state index in [1.807, 2.05) is 0 Å². The molecular weight excluding hydrogens is 182 g/mol. The zero-order valence-electron chi connectivity index (χ0n) is 10.6. The van der Waals surface area contributed by atoms with Crippen LogP contribution in [0.25, 0.3) is 0 Å². The van der Waals surface area contributed by atoms with Gasteiger partial charge in [0.05, 0.1) is 0 Å². The smallest absolute Gasteiger partial charge is 0.00953 e. The van der Waals surface area contributed by atoms with Crippen LogP contribution in [0.4, 0.5) is 0 Å². The van der Waals surface area contributed by atoms with E-state index in [-0.39, 0.29) is 0 Å². The lowest BCUT2D eigenvalue weighted by atomic mass is 9.79. The quantitative estimate of drug-likeness (QED) is 0.746. The lowest BCUT2D eigenvalue weighted by Gasteiger charge is -2.35. The fourth-order valence-electron chi connectivity index (χ4n) is 3.20. The molecule has 0 saturated heterocycles. The van der Waals surface area contributed by atoms with Gasteiger partial charge in [-0.15, -0.1) is 0 Å². The summed E-state index contributed by atoms with van der Waals surface area (Å²) >= 11 is 0. The van der Waals surface area contributed by atoms with E-state index in [0.29, 0.717) is 0 Å². The molecule has 0 radical (unpaired) electrons. The summed E-state index contributed by atoms with van der Waals surface area (Å²) < 4.78 is 0. The summed E-state index contributed by atoms with van der Waals surface area (Å²) in [5, 5.41) is 3.86. The Labute approximate surface area is 95.0 Å². The van der Waals surface area contributed by atoms with Crippen molar-refractivity contribution in [3.63, 3.8) is 0 Å². The molecule has 0 spiro atoms. The predicted octanol–water partition coefficient (Wildman–Crippen LogP) is 3.59. The largest absolute Gasteiger partial charge is 0.311 e. The second kappa shape index (κ2) is 4.86. The maximum absolute atomic E-state index is 3.86. The monoisotopic (exact) mass is 209 g/mol. The summed E-state index contributed by atoms with van der Waals surface area (Å²) in [6, 6.07) is 1.55. The Balaban J connectivity index is 1.72. The highest BCUT2D eigenvalue weighted by molar-refractivity contribution is 4.85. The summed E-state index contributed by atoms with van der Waals surface area (Å²) in [4.78, 5) is 0. The molecule has 2 rings (SSSR count). The highest BCUT2D eigenvalue weighted by atomic mass is 15.0. The first kappa shape index (κ1) is 11.4. The highest BCUT2D eigenvalue weighted by Gasteiger charge is 2.28. The molecule has 0 aliphatic heterocycles. The molecule has 0 aromatic rings. The Hall–Kier alpha value is -0.0400. The third-order valence-corrected chi connectivity index (χ3v) is 4.31. The Morgan fingerprint density at radius 1 is 1.13 bits per heavy atom. The fraction of sp³-hybridized carbons (Fsp3) is 1.00. The van der Waals surface area contributed by atoms with Crippen LogP contribution >= 0.6 is 0 Å². The van der Waals surface area contributed by atoms with Crippen LogP contribution in [0.5, 0.6) is 0 Å². The summed E-state index contributed by atoms with van der Waals surface area (Å²) in [5.74, 6) is 2.90. The maximum Gasteiger partial charge on any atom is 0.00953 e. The normalized spacial score (nSPS) is 39.0. The molecule has 0 bridgehead atoms. The number of hydrogen-bond donors (Lipinski definition) is 1. The second-order valence-corrected chi connectivity index (χ2v) is 6.25. The van der Waals surface area contributed by atoms with Gasteiger partial charge in [0, 0.05) is 12.1 Å². The lowest BCUT2D eigenvalue weighted by molar-refractivity contribution is 0.212. The van der Waals surface area contributed by atoms with Gasteiger partial charge in [0.15, 0.2) is 0 Å². The van der Waals surface area contributed by atoms with Crippen molar-refractivity contribution >= 4 is 0 Å². The van der Waals surface area contributed by atoms with E-state index in [9.17, 15) is 0 Å². The molecule has 2 fully saturated rings. The molecule has 1 nitrogen and oxygen atoms in total. The van der Waals surface area contributed by atoms with E-state index in [1.54, 1.807) is 0 Å². The number of hydrogen-bond acceptors (Lipinski definition) is 1. The van der Waals surface area contributed by atoms with Crippen molar-refractivity contribution in [1.82, 2.24) is 5.32 Å². The van der Waals surface area contributed by atoms with Crippen LogP contribution in [0, 0.1) is 17.8 Å². The Kier molecular flexibility index (Phi) is 3.71. The van der Waals surface area contributed by atoms with E-state index in [1.165, 1.54) is 38.5 Å². The van der Waals surface area contributed by atoms with Crippen molar-refractivity contribution in [3.8, 4) is 0 Å². The minimum absolute atomic E-state index is 0.748. The topological polar surface area (TPSA) is 12.0 Å². The van der Waals surface area contributed by atoms with Crippen LogP contribution in [0.3, 0.4) is 0 Å². The fourth-order valence-corrected chi connectivity index (χ4v) is 3.20. The van der Waals surface area contributed by atoms with Crippen LogP contribution in [0.15, 0.2) is 0 Å². The van der Waals surface area contributed by atoms with E-state index in [0.717, 1.165) is 29.8 Å². The van der Waals surface area contributed by atoms with Crippen LogP contribution < -0.4 is 5.32 Å². The molecule has 0 amide bonds. The van der Waals surface area contributed by atoms with Crippen LogP contribution in [-0.4, -0.2) is 12.1 Å². The minimum Gasteiger partial charge on any atom is -0.311 e. The van der Waals surface area contributed by atoms with Gasteiger partial charge in [-0.05, 0) is 50.4 Å². The standard InChI is InChI=1S/C14H27N/c1-10-4-7-14(11(2)8-10)15-12(3)9-13-5-6-13/h10-15H,4-9H2,1-3H3. The SMILES string of the molecule is CC1CCC(NC(C)CC2CC2)C(C)C1. The lowest BCUT2D eigenvalue weighted by Crippen LogP contribution is -2.43. The van der Waals surface area contributed by atoms with Crippen molar-refractivity contribution in [2.75, 3.05) is 0 Å². The Morgan fingerprint density at radius 2 is 1.87 bits per heavy atom. The van der Waals surface area contributed by atoms with E-state index < -0.39 is 0 Å². The van der Waals surface area contributed by atoms with Gasteiger partial charge in [-0.25, -0.2) is 0 Å². The molecule has 4 atom stereocenters. The van der Waals surface area contributed by atoms with Gasteiger partial charge in [0.1, 0.15) is 0 Å². The summed E-state index contributed by atoms with van der Waals surface area (Å²) in [6.45, 7) is 7.21. The zero-order chi connectivity index (χ0) is 10.8. The molecule has 2 aliphatic rings. The van der Waals surface area contributed by atoms with Crippen LogP contribution in [-0.2, 0) is 0 Å². The maximum atomic E-state index is 3.86. The summed E-state index contributed by atoms with van der Waals surface area (Å²) in [7, 11) is 0. The molecule has 2 aliphatic carbocycles. The van der Waals surface area contributed by atoms with Crippen LogP contribution in [0.1, 0.15) is 59.3 Å². The van der Waals surface area contributed by atoms with Gasteiger partial charge in [-0.2, -0.15) is 0 Å². The molecule has 15 heavy (non-hydrogen) atoms. The average molecular weight is 209 g/mol. The molecular formula is C14H27N. The second-order valence-electron chi connectivity index (χ2n) is 6.25. The van der Waals surface area contributed by atoms with Crippen molar-refractivity contribution < 1.29 is 0 Å². The number of nitrogens with one attached hydrogen (secondary N) is 1. The Bertz CT molecular complexity index is 198. The van der Waals surface area contributed by atoms with Gasteiger partial charge in [0.25, 0.3) is 0 Å². The predicted molar refractivity (Wildman–Crippen MR) is 65.9 cm³/mol. The van der Waals surface area contributed by atoms with Gasteiger partial charge < -0.3 is 5.32 Å². The van der Waals surface area contributed by atoms with Crippen molar-refractivity contribution in [3.05, 3.63) is 0 Å². The molecule has 0 heterocycles. The molecule has 88 valence electrons. The molecule has 1 heteroatoms. The molecule has 2 saturated carbocycles. The van der Waals surface area contributed by atoms with Gasteiger partial charge in [-0.3, -0.25) is 0 Å². The molecule has 0 aromatic carbocycles. The van der Waals surface area contributed by atoms with Crippen molar-refractivity contribution in [2.45, 2.75) is 71.4 Å². The first-order valence-electron chi connectivity index (χ1n) is 6.91. The van der Waals surface area contributed by atoms with Gasteiger partial charge in [0.2, 0.25) is 0 Å². The van der Waals surface area contributed by atoms with E-state index in [2.05, 4.69) is 26.1 Å².